The average Bonchev–Trinajstić information content (AvgIpc) is 2.37. The van der Waals surface area contributed by atoms with Gasteiger partial charge < -0.3 is 4.90 Å². The zero-order chi connectivity index (χ0) is 12.3. The van der Waals surface area contributed by atoms with Crippen molar-refractivity contribution in [2.75, 3.05) is 13.6 Å². The minimum atomic E-state index is -0.127. The number of nitriles is 1. The van der Waals surface area contributed by atoms with Gasteiger partial charge in [0, 0.05) is 12.6 Å². The van der Waals surface area contributed by atoms with Gasteiger partial charge in [-0.25, -0.2) is 0 Å². The topological polar surface area (TPSA) is 44.1 Å². The molecule has 2 rings (SSSR count). The van der Waals surface area contributed by atoms with Crippen LogP contribution in [0.2, 0.25) is 0 Å². The molecule has 84 valence electrons. The summed E-state index contributed by atoms with van der Waals surface area (Å²) < 4.78 is 0. The van der Waals surface area contributed by atoms with Crippen LogP contribution >= 0.6 is 0 Å². The smallest absolute Gasteiger partial charge is 0.254 e. The summed E-state index contributed by atoms with van der Waals surface area (Å²) in [4.78, 5) is 13.4. The SMILES string of the molecule is CN(CC#N)C(=O)c1ccc2ccccc2c1. The van der Waals surface area contributed by atoms with E-state index in [0.29, 0.717) is 5.56 Å². The molecule has 0 saturated heterocycles. The van der Waals surface area contributed by atoms with Crippen LogP contribution in [0.5, 0.6) is 0 Å². The molecule has 0 saturated carbocycles. The molecule has 0 bridgehead atoms. The Hall–Kier alpha value is -2.34. The van der Waals surface area contributed by atoms with Gasteiger partial charge in [0.15, 0.2) is 0 Å². The highest BCUT2D eigenvalue weighted by atomic mass is 16.2. The van der Waals surface area contributed by atoms with Gasteiger partial charge in [0.05, 0.1) is 6.07 Å². The zero-order valence-corrected chi connectivity index (χ0v) is 9.55. The minimum Gasteiger partial charge on any atom is -0.328 e. The van der Waals surface area contributed by atoms with Crippen LogP contribution in [0.4, 0.5) is 0 Å². The third-order valence-electron chi connectivity index (χ3n) is 2.65. The first kappa shape index (κ1) is 11.2. The van der Waals surface area contributed by atoms with E-state index >= 15 is 0 Å². The van der Waals surface area contributed by atoms with Crippen molar-refractivity contribution in [1.82, 2.24) is 4.90 Å². The molecule has 0 unspecified atom stereocenters. The molecule has 0 aliphatic heterocycles. The quantitative estimate of drug-likeness (QED) is 0.735. The van der Waals surface area contributed by atoms with Gasteiger partial charge in [-0.1, -0.05) is 30.3 Å². The number of hydrogen-bond acceptors (Lipinski definition) is 2. The third-order valence-corrected chi connectivity index (χ3v) is 2.65. The van der Waals surface area contributed by atoms with Crippen LogP contribution in [0.3, 0.4) is 0 Å². The Labute approximate surface area is 99.9 Å². The van der Waals surface area contributed by atoms with E-state index in [1.165, 1.54) is 4.90 Å². The van der Waals surface area contributed by atoms with E-state index < -0.39 is 0 Å². The van der Waals surface area contributed by atoms with Gasteiger partial charge in [0.1, 0.15) is 6.54 Å². The lowest BCUT2D eigenvalue weighted by molar-refractivity contribution is 0.0812. The van der Waals surface area contributed by atoms with Gasteiger partial charge in [-0.05, 0) is 22.9 Å². The van der Waals surface area contributed by atoms with Crippen LogP contribution < -0.4 is 0 Å². The molecule has 3 nitrogen and oxygen atoms in total. The Balaban J connectivity index is 2.37. The number of amides is 1. The Kier molecular flexibility index (Phi) is 3.06. The summed E-state index contributed by atoms with van der Waals surface area (Å²) in [6.07, 6.45) is 0. The molecule has 17 heavy (non-hydrogen) atoms. The van der Waals surface area contributed by atoms with Crippen molar-refractivity contribution >= 4 is 16.7 Å². The maximum Gasteiger partial charge on any atom is 0.254 e. The van der Waals surface area contributed by atoms with Gasteiger partial charge in [-0.15, -0.1) is 0 Å². The summed E-state index contributed by atoms with van der Waals surface area (Å²) in [6, 6.07) is 15.4. The van der Waals surface area contributed by atoms with Crippen LogP contribution in [0.25, 0.3) is 10.8 Å². The molecule has 0 fully saturated rings. The lowest BCUT2D eigenvalue weighted by Gasteiger charge is -2.13. The number of hydrogen-bond donors (Lipinski definition) is 0. The second kappa shape index (κ2) is 4.67. The molecular weight excluding hydrogens is 212 g/mol. The van der Waals surface area contributed by atoms with Crippen molar-refractivity contribution in [1.29, 1.82) is 5.26 Å². The summed E-state index contributed by atoms with van der Waals surface area (Å²) in [5.74, 6) is -0.127. The molecule has 0 aliphatic rings. The molecule has 2 aromatic carbocycles. The molecule has 1 amide bonds. The molecule has 2 aromatic rings. The first-order chi connectivity index (χ1) is 8.22. The molecule has 0 aromatic heterocycles. The predicted molar refractivity (Wildman–Crippen MR) is 66.5 cm³/mol. The Bertz CT molecular complexity index is 598. The molecule has 0 N–H and O–H groups in total. The fraction of sp³-hybridized carbons (Fsp3) is 0.143. The van der Waals surface area contributed by atoms with Crippen molar-refractivity contribution in [3.05, 3.63) is 48.0 Å². The summed E-state index contributed by atoms with van der Waals surface area (Å²) in [6.45, 7) is 0.103. The van der Waals surface area contributed by atoms with E-state index in [2.05, 4.69) is 0 Å². The molecule has 3 heteroatoms. The number of carbonyl (C=O) groups excluding carboxylic acids is 1. The average molecular weight is 224 g/mol. The van der Waals surface area contributed by atoms with E-state index in [4.69, 9.17) is 5.26 Å². The molecular formula is C14H12N2O. The van der Waals surface area contributed by atoms with Crippen molar-refractivity contribution in [3.63, 3.8) is 0 Å². The second-order valence-electron chi connectivity index (χ2n) is 3.88. The first-order valence-electron chi connectivity index (χ1n) is 5.33. The predicted octanol–water partition coefficient (Wildman–Crippen LogP) is 2.44. The Morgan fingerprint density at radius 3 is 2.65 bits per heavy atom. The van der Waals surface area contributed by atoms with Crippen molar-refractivity contribution in [2.45, 2.75) is 0 Å². The van der Waals surface area contributed by atoms with Gasteiger partial charge in [-0.2, -0.15) is 5.26 Å². The maximum absolute atomic E-state index is 12.0. The van der Waals surface area contributed by atoms with Crippen molar-refractivity contribution < 1.29 is 4.79 Å². The Morgan fingerprint density at radius 1 is 1.24 bits per heavy atom. The molecule has 0 heterocycles. The minimum absolute atomic E-state index is 0.103. The highest BCUT2D eigenvalue weighted by Crippen LogP contribution is 2.16. The summed E-state index contributed by atoms with van der Waals surface area (Å²) >= 11 is 0. The lowest BCUT2D eigenvalue weighted by atomic mass is 10.1. The van der Waals surface area contributed by atoms with Crippen molar-refractivity contribution in [3.8, 4) is 6.07 Å². The maximum atomic E-state index is 12.0. The lowest BCUT2D eigenvalue weighted by Crippen LogP contribution is -2.26. The first-order valence-corrected chi connectivity index (χ1v) is 5.33. The number of carbonyl (C=O) groups is 1. The van der Waals surface area contributed by atoms with Gasteiger partial charge in [0.2, 0.25) is 0 Å². The van der Waals surface area contributed by atoms with E-state index in [-0.39, 0.29) is 12.5 Å². The fourth-order valence-electron chi connectivity index (χ4n) is 1.72. The zero-order valence-electron chi connectivity index (χ0n) is 9.55. The standard InChI is InChI=1S/C14H12N2O/c1-16(9-8-15)14(17)13-7-6-11-4-2-3-5-12(11)10-13/h2-7,10H,9H2,1H3. The summed E-state index contributed by atoms with van der Waals surface area (Å²) in [5, 5.41) is 10.7. The largest absolute Gasteiger partial charge is 0.328 e. The van der Waals surface area contributed by atoms with Crippen LogP contribution in [0.15, 0.2) is 42.5 Å². The van der Waals surface area contributed by atoms with Gasteiger partial charge in [-0.3, -0.25) is 4.79 Å². The number of benzene rings is 2. The monoisotopic (exact) mass is 224 g/mol. The van der Waals surface area contributed by atoms with Crippen LogP contribution in [-0.2, 0) is 0 Å². The molecule has 0 radical (unpaired) electrons. The summed E-state index contributed by atoms with van der Waals surface area (Å²) in [5.41, 5.74) is 0.612. The second-order valence-corrected chi connectivity index (χ2v) is 3.88. The van der Waals surface area contributed by atoms with Gasteiger partial charge in [0.25, 0.3) is 5.91 Å². The highest BCUT2D eigenvalue weighted by molar-refractivity contribution is 5.98. The van der Waals surface area contributed by atoms with Gasteiger partial charge >= 0.3 is 0 Å². The fourth-order valence-corrected chi connectivity index (χ4v) is 1.72. The summed E-state index contributed by atoms with van der Waals surface area (Å²) in [7, 11) is 1.63. The van der Waals surface area contributed by atoms with Crippen LogP contribution in [-0.4, -0.2) is 24.4 Å². The van der Waals surface area contributed by atoms with E-state index in [0.717, 1.165) is 10.8 Å². The van der Waals surface area contributed by atoms with Crippen LogP contribution in [0, 0.1) is 11.3 Å². The molecule has 0 spiro atoms. The number of fused-ring (bicyclic) bond motifs is 1. The van der Waals surface area contributed by atoms with Crippen molar-refractivity contribution in [2.24, 2.45) is 0 Å². The number of nitrogens with zero attached hydrogens (tertiary/aromatic N) is 2. The van der Waals surface area contributed by atoms with E-state index in [1.54, 1.807) is 13.1 Å². The molecule has 0 aliphatic carbocycles. The van der Waals surface area contributed by atoms with Crippen LogP contribution in [0.1, 0.15) is 10.4 Å². The Morgan fingerprint density at radius 2 is 1.94 bits per heavy atom. The van der Waals surface area contributed by atoms with E-state index in [1.807, 2.05) is 42.5 Å². The molecule has 0 atom stereocenters. The number of rotatable bonds is 2. The third kappa shape index (κ3) is 2.26. The highest BCUT2D eigenvalue weighted by Gasteiger charge is 2.11. The normalized spacial score (nSPS) is 9.88. The van der Waals surface area contributed by atoms with E-state index in [9.17, 15) is 4.79 Å².